The lowest BCUT2D eigenvalue weighted by molar-refractivity contribution is 0.161. The van der Waals surface area contributed by atoms with Crippen molar-refractivity contribution in [1.82, 2.24) is 0 Å². The molecule has 6 heteroatoms. The van der Waals surface area contributed by atoms with E-state index in [1.165, 1.54) is 0 Å². The number of unbranched alkanes of at least 4 members (excludes halogenated alkanes) is 1. The summed E-state index contributed by atoms with van der Waals surface area (Å²) in [4.78, 5) is 17.1. The minimum absolute atomic E-state index is 0.130. The van der Waals surface area contributed by atoms with Crippen LogP contribution in [0.5, 0.6) is 0 Å². The maximum atomic E-state index is 10.5. The van der Waals surface area contributed by atoms with Crippen LogP contribution in [0.15, 0.2) is 0 Å². The lowest BCUT2D eigenvalue weighted by atomic mass is 10.0. The fourth-order valence-corrected chi connectivity index (χ4v) is 1.96. The van der Waals surface area contributed by atoms with E-state index in [0.717, 1.165) is 31.4 Å². The van der Waals surface area contributed by atoms with E-state index in [-0.39, 0.29) is 12.5 Å². The summed E-state index contributed by atoms with van der Waals surface area (Å²) in [6.45, 7) is 2.21. The molecule has 0 rings (SSSR count). The third-order valence-corrected chi connectivity index (χ3v) is 2.73. The van der Waals surface area contributed by atoms with Crippen LogP contribution in [0.25, 0.3) is 0 Å². The van der Waals surface area contributed by atoms with Gasteiger partial charge in [0.05, 0.1) is 6.61 Å². The van der Waals surface area contributed by atoms with Crippen LogP contribution in [0.3, 0.4) is 0 Å². The zero-order valence-corrected chi connectivity index (χ0v) is 10.2. The number of hydrogen-bond acceptors (Lipinski definition) is 3. The molecule has 0 aliphatic carbocycles. The largest absolute Gasteiger partial charge is 0.469 e. The Labute approximate surface area is 90.7 Å². The van der Waals surface area contributed by atoms with E-state index in [0.29, 0.717) is 0 Å². The molecule has 0 saturated heterocycles. The number of rotatable bonds is 8. The zero-order valence-electron chi connectivity index (χ0n) is 8.43. The van der Waals surface area contributed by atoms with Gasteiger partial charge in [0, 0.05) is 0 Å². The molecule has 0 aliphatic heterocycles. The highest BCUT2D eigenvalue weighted by Crippen LogP contribution is 2.37. The molecule has 1 atom stereocenters. The monoisotopic (exact) mass is 242 g/mol. The van der Waals surface area contributed by atoms with Crippen molar-refractivity contribution in [2.24, 2.45) is 5.92 Å². The van der Waals surface area contributed by atoms with Gasteiger partial charge in [0.1, 0.15) is 0 Å². The molecule has 0 fully saturated rings. The molecule has 0 aromatic carbocycles. The zero-order chi connectivity index (χ0) is 11.0. The summed E-state index contributed by atoms with van der Waals surface area (Å²) in [5.74, 6) is 0.930. The van der Waals surface area contributed by atoms with Crippen molar-refractivity contribution >= 4 is 20.5 Å². The van der Waals surface area contributed by atoms with Gasteiger partial charge in [-0.15, -0.1) is 0 Å². The molecule has 0 radical (unpaired) electrons. The first-order valence-corrected chi connectivity index (χ1v) is 6.96. The van der Waals surface area contributed by atoms with Crippen LogP contribution < -0.4 is 0 Å². The molecule has 0 spiro atoms. The second-order valence-electron chi connectivity index (χ2n) is 3.31. The Morgan fingerprint density at radius 2 is 2.07 bits per heavy atom. The molecule has 4 nitrogen and oxygen atoms in total. The Balaban J connectivity index is 3.78. The van der Waals surface area contributed by atoms with E-state index in [4.69, 9.17) is 9.79 Å². The van der Waals surface area contributed by atoms with Gasteiger partial charge in [0.2, 0.25) is 0 Å². The van der Waals surface area contributed by atoms with Gasteiger partial charge in [-0.1, -0.05) is 19.8 Å². The summed E-state index contributed by atoms with van der Waals surface area (Å²) < 4.78 is 14.9. The maximum absolute atomic E-state index is 10.5. The minimum Gasteiger partial charge on any atom is -0.303 e. The van der Waals surface area contributed by atoms with Crippen LogP contribution >= 0.6 is 20.5 Å². The van der Waals surface area contributed by atoms with Crippen LogP contribution in [-0.2, 0) is 9.09 Å². The normalized spacial score (nSPS) is 14.3. The van der Waals surface area contributed by atoms with Gasteiger partial charge in [-0.2, -0.15) is 12.6 Å². The number of phosphoric ester groups is 1. The molecule has 0 saturated carbocycles. The lowest BCUT2D eigenvalue weighted by Gasteiger charge is -2.15. The second-order valence-corrected chi connectivity index (χ2v) is 4.99. The Bertz CT molecular complexity index is 182. The Kier molecular flexibility index (Phi) is 7.97. The van der Waals surface area contributed by atoms with E-state index in [2.05, 4.69) is 24.1 Å². The van der Waals surface area contributed by atoms with Crippen LogP contribution in [0, 0.1) is 5.92 Å². The SMILES string of the molecule is CCCCC(CCS)COP(=O)(O)O. The summed E-state index contributed by atoms with van der Waals surface area (Å²) in [7, 11) is -4.30. The molecule has 0 aliphatic rings. The van der Waals surface area contributed by atoms with Crippen molar-refractivity contribution in [3.05, 3.63) is 0 Å². The highest BCUT2D eigenvalue weighted by molar-refractivity contribution is 7.80. The highest BCUT2D eigenvalue weighted by atomic mass is 32.1. The second kappa shape index (κ2) is 7.71. The van der Waals surface area contributed by atoms with Gasteiger partial charge in [0.15, 0.2) is 0 Å². The lowest BCUT2D eigenvalue weighted by Crippen LogP contribution is -2.09. The third-order valence-electron chi connectivity index (χ3n) is 1.98. The average Bonchev–Trinajstić information content (AvgIpc) is 2.08. The van der Waals surface area contributed by atoms with Gasteiger partial charge in [-0.25, -0.2) is 4.57 Å². The van der Waals surface area contributed by atoms with Crippen molar-refractivity contribution in [3.63, 3.8) is 0 Å². The topological polar surface area (TPSA) is 66.8 Å². The molecule has 0 bridgehead atoms. The molecule has 2 N–H and O–H groups in total. The first kappa shape index (κ1) is 14.5. The van der Waals surface area contributed by atoms with Gasteiger partial charge in [-0.05, 0) is 24.5 Å². The standard InChI is InChI=1S/C8H19O4PS/c1-2-3-4-8(5-6-14)7-12-13(9,10)11/h8,14H,2-7H2,1H3,(H2,9,10,11). The fourth-order valence-electron chi connectivity index (χ4n) is 1.19. The molecule has 0 heterocycles. The van der Waals surface area contributed by atoms with Gasteiger partial charge < -0.3 is 9.79 Å². The quantitative estimate of drug-likeness (QED) is 0.451. The van der Waals surface area contributed by atoms with Crippen molar-refractivity contribution < 1.29 is 18.9 Å². The molecular weight excluding hydrogens is 223 g/mol. The van der Waals surface area contributed by atoms with Gasteiger partial charge in [0.25, 0.3) is 0 Å². The predicted molar refractivity (Wildman–Crippen MR) is 59.5 cm³/mol. The van der Waals surface area contributed by atoms with E-state index in [9.17, 15) is 4.57 Å². The molecule has 0 amide bonds. The van der Waals surface area contributed by atoms with Gasteiger partial charge in [-0.3, -0.25) is 4.52 Å². The van der Waals surface area contributed by atoms with Crippen molar-refractivity contribution in [2.45, 2.75) is 32.6 Å². The van der Waals surface area contributed by atoms with E-state index in [1.807, 2.05) is 0 Å². The smallest absolute Gasteiger partial charge is 0.303 e. The predicted octanol–water partition coefficient (Wildman–Crippen LogP) is 2.22. The Morgan fingerprint density at radius 1 is 1.43 bits per heavy atom. The maximum Gasteiger partial charge on any atom is 0.469 e. The van der Waals surface area contributed by atoms with Crippen molar-refractivity contribution in [3.8, 4) is 0 Å². The Morgan fingerprint density at radius 3 is 2.50 bits per heavy atom. The van der Waals surface area contributed by atoms with Gasteiger partial charge >= 0.3 is 7.82 Å². The number of phosphoric acid groups is 1. The summed E-state index contributed by atoms with van der Waals surface area (Å²) >= 11 is 4.10. The first-order chi connectivity index (χ1) is 6.49. The summed E-state index contributed by atoms with van der Waals surface area (Å²) in [6, 6.07) is 0. The van der Waals surface area contributed by atoms with Crippen molar-refractivity contribution in [2.75, 3.05) is 12.4 Å². The molecule has 14 heavy (non-hydrogen) atoms. The number of hydrogen-bond donors (Lipinski definition) is 3. The molecule has 0 aromatic heterocycles. The Hall–Kier alpha value is 0.460. The number of thiol groups is 1. The molecule has 86 valence electrons. The molecule has 1 unspecified atom stereocenters. The summed E-state index contributed by atoms with van der Waals surface area (Å²) in [5.41, 5.74) is 0. The molecule has 0 aromatic rings. The van der Waals surface area contributed by atoms with Crippen LogP contribution in [-0.4, -0.2) is 22.1 Å². The van der Waals surface area contributed by atoms with Crippen LogP contribution in [0.2, 0.25) is 0 Å². The van der Waals surface area contributed by atoms with Crippen LogP contribution in [0.4, 0.5) is 0 Å². The van der Waals surface area contributed by atoms with E-state index >= 15 is 0 Å². The fraction of sp³-hybridized carbons (Fsp3) is 1.00. The summed E-state index contributed by atoms with van der Waals surface area (Å²) in [5, 5.41) is 0. The van der Waals surface area contributed by atoms with Crippen LogP contribution in [0.1, 0.15) is 32.6 Å². The highest BCUT2D eigenvalue weighted by Gasteiger charge is 2.17. The van der Waals surface area contributed by atoms with E-state index in [1.54, 1.807) is 0 Å². The molecular formula is C8H19O4PS. The first-order valence-electron chi connectivity index (χ1n) is 4.80. The minimum atomic E-state index is -4.30. The third kappa shape index (κ3) is 9.03. The van der Waals surface area contributed by atoms with Crippen molar-refractivity contribution in [1.29, 1.82) is 0 Å². The average molecular weight is 242 g/mol. The van der Waals surface area contributed by atoms with E-state index < -0.39 is 7.82 Å². The summed E-state index contributed by atoms with van der Waals surface area (Å²) in [6.07, 6.45) is 3.92.